The van der Waals surface area contributed by atoms with Gasteiger partial charge >= 0.3 is 6.18 Å². The van der Waals surface area contributed by atoms with Gasteiger partial charge in [0, 0.05) is 25.6 Å². The first kappa shape index (κ1) is 15.7. The number of alkyl halides is 3. The molecular weight excluding hydrogens is 289 g/mol. The molecule has 2 aliphatic heterocycles. The minimum Gasteiger partial charge on any atom is -0.370 e. The van der Waals surface area contributed by atoms with Crippen molar-refractivity contribution in [2.45, 2.75) is 44.8 Å². The van der Waals surface area contributed by atoms with Crippen LogP contribution in [0.5, 0.6) is 0 Å². The minimum atomic E-state index is -4.30. The fourth-order valence-corrected chi connectivity index (χ4v) is 3.99. The number of rotatable bonds is 2. The average Bonchev–Trinajstić information content (AvgIpc) is 2.71. The lowest BCUT2D eigenvalue weighted by atomic mass is 9.87. The molecule has 1 aromatic carbocycles. The third kappa shape index (κ3) is 2.60. The highest BCUT2D eigenvalue weighted by Crippen LogP contribution is 2.49. The number of anilines is 1. The standard InChI is InChI=1S/C17H23F3N2/c1-10(2)6-11-7-12-13-9-21-5-4-15(13)22(3)16(12)14(8-11)17(18,19)20/h7-8,10,13,15,21H,4-6,9H2,1-3H3/t13-,15-/m0/s1. The molecule has 0 bridgehead atoms. The number of likely N-dealkylation sites (N-methyl/N-ethyl adjacent to an activating group) is 1. The molecule has 1 aromatic rings. The number of hydrogen-bond acceptors (Lipinski definition) is 2. The molecule has 5 heteroatoms. The second-order valence-electron chi connectivity index (χ2n) is 6.95. The smallest absolute Gasteiger partial charge is 0.370 e. The third-order valence-electron chi connectivity index (χ3n) is 4.84. The zero-order chi connectivity index (χ0) is 16.1. The molecule has 2 atom stereocenters. The number of nitrogens with one attached hydrogen (secondary N) is 1. The summed E-state index contributed by atoms with van der Waals surface area (Å²) in [6, 6.07) is 3.56. The molecule has 0 radical (unpaired) electrons. The van der Waals surface area contributed by atoms with Gasteiger partial charge in [-0.25, -0.2) is 0 Å². The van der Waals surface area contributed by atoms with E-state index in [1.807, 2.05) is 31.9 Å². The Morgan fingerprint density at radius 1 is 1.32 bits per heavy atom. The van der Waals surface area contributed by atoms with Crippen molar-refractivity contribution in [1.29, 1.82) is 0 Å². The maximum absolute atomic E-state index is 13.6. The van der Waals surface area contributed by atoms with Crippen LogP contribution in [0.25, 0.3) is 0 Å². The molecule has 0 spiro atoms. The first-order valence-corrected chi connectivity index (χ1v) is 7.96. The van der Waals surface area contributed by atoms with Crippen LogP contribution in [0.2, 0.25) is 0 Å². The second-order valence-corrected chi connectivity index (χ2v) is 6.95. The Bertz CT molecular complexity index is 566. The van der Waals surface area contributed by atoms with E-state index in [2.05, 4.69) is 5.32 Å². The lowest BCUT2D eigenvalue weighted by Crippen LogP contribution is -2.42. The number of benzene rings is 1. The van der Waals surface area contributed by atoms with Crippen LogP contribution in [0.4, 0.5) is 18.9 Å². The Morgan fingerprint density at radius 3 is 2.68 bits per heavy atom. The van der Waals surface area contributed by atoms with Gasteiger partial charge in [-0.1, -0.05) is 19.9 Å². The van der Waals surface area contributed by atoms with Gasteiger partial charge < -0.3 is 10.2 Å². The van der Waals surface area contributed by atoms with Crippen LogP contribution in [-0.2, 0) is 12.6 Å². The summed E-state index contributed by atoms with van der Waals surface area (Å²) in [7, 11) is 1.81. The molecule has 22 heavy (non-hydrogen) atoms. The number of fused-ring (bicyclic) bond motifs is 3. The van der Waals surface area contributed by atoms with E-state index in [0.29, 0.717) is 18.0 Å². The maximum atomic E-state index is 13.6. The largest absolute Gasteiger partial charge is 0.418 e. The van der Waals surface area contributed by atoms with E-state index in [9.17, 15) is 13.2 Å². The van der Waals surface area contributed by atoms with Crippen LogP contribution in [0.3, 0.4) is 0 Å². The normalized spacial score (nSPS) is 24.6. The van der Waals surface area contributed by atoms with Gasteiger partial charge in [0.05, 0.1) is 11.3 Å². The van der Waals surface area contributed by atoms with Crippen molar-refractivity contribution >= 4 is 5.69 Å². The van der Waals surface area contributed by atoms with Gasteiger partial charge in [-0.2, -0.15) is 13.2 Å². The van der Waals surface area contributed by atoms with Crippen molar-refractivity contribution in [3.8, 4) is 0 Å². The fraction of sp³-hybridized carbons (Fsp3) is 0.647. The molecule has 1 N–H and O–H groups in total. The molecule has 2 nitrogen and oxygen atoms in total. The van der Waals surface area contributed by atoms with Gasteiger partial charge in [-0.3, -0.25) is 0 Å². The summed E-state index contributed by atoms with van der Waals surface area (Å²) in [5, 5.41) is 3.33. The predicted octanol–water partition coefficient (Wildman–Crippen LogP) is 3.80. The Kier molecular flexibility index (Phi) is 3.87. The van der Waals surface area contributed by atoms with Gasteiger partial charge in [-0.05, 0) is 42.5 Å². The monoisotopic (exact) mass is 312 g/mol. The van der Waals surface area contributed by atoms with E-state index in [4.69, 9.17) is 0 Å². The van der Waals surface area contributed by atoms with Gasteiger partial charge in [-0.15, -0.1) is 0 Å². The van der Waals surface area contributed by atoms with Crippen molar-refractivity contribution in [1.82, 2.24) is 5.32 Å². The van der Waals surface area contributed by atoms with E-state index < -0.39 is 11.7 Å². The van der Waals surface area contributed by atoms with Gasteiger partial charge in [0.25, 0.3) is 0 Å². The van der Waals surface area contributed by atoms with Crippen LogP contribution in [0.1, 0.15) is 42.9 Å². The number of nitrogens with zero attached hydrogens (tertiary/aromatic N) is 1. The number of halogens is 3. The molecule has 0 saturated carbocycles. The topological polar surface area (TPSA) is 15.3 Å². The molecule has 122 valence electrons. The lowest BCUT2D eigenvalue weighted by molar-refractivity contribution is -0.137. The van der Waals surface area contributed by atoms with E-state index in [1.165, 1.54) is 6.07 Å². The molecule has 3 rings (SSSR count). The van der Waals surface area contributed by atoms with Crippen molar-refractivity contribution in [2.75, 3.05) is 25.0 Å². The van der Waals surface area contributed by atoms with Crippen molar-refractivity contribution < 1.29 is 13.2 Å². The quantitative estimate of drug-likeness (QED) is 0.893. The van der Waals surface area contributed by atoms with Gasteiger partial charge in [0.15, 0.2) is 0 Å². The Morgan fingerprint density at radius 2 is 2.05 bits per heavy atom. The molecule has 0 unspecified atom stereocenters. The summed E-state index contributed by atoms with van der Waals surface area (Å²) in [4.78, 5) is 1.86. The first-order valence-electron chi connectivity index (χ1n) is 7.96. The molecule has 1 saturated heterocycles. The van der Waals surface area contributed by atoms with Crippen LogP contribution in [0, 0.1) is 5.92 Å². The fourth-order valence-electron chi connectivity index (χ4n) is 3.99. The molecule has 0 aromatic heterocycles. The van der Waals surface area contributed by atoms with Gasteiger partial charge in [0.2, 0.25) is 0 Å². The summed E-state index contributed by atoms with van der Waals surface area (Å²) < 4.78 is 40.7. The zero-order valence-electron chi connectivity index (χ0n) is 13.3. The number of hydrogen-bond donors (Lipinski definition) is 1. The van der Waals surface area contributed by atoms with Crippen molar-refractivity contribution in [2.24, 2.45) is 5.92 Å². The summed E-state index contributed by atoms with van der Waals surface area (Å²) in [6.07, 6.45) is -2.72. The highest BCUT2D eigenvalue weighted by Gasteiger charge is 2.44. The molecule has 0 aliphatic carbocycles. The minimum absolute atomic E-state index is 0.168. The highest BCUT2D eigenvalue weighted by molar-refractivity contribution is 5.68. The van der Waals surface area contributed by atoms with Crippen LogP contribution in [-0.4, -0.2) is 26.2 Å². The van der Waals surface area contributed by atoms with E-state index in [-0.39, 0.29) is 12.0 Å². The predicted molar refractivity (Wildman–Crippen MR) is 82.4 cm³/mol. The summed E-state index contributed by atoms with van der Waals surface area (Å²) in [5.74, 6) is 0.514. The molecule has 1 fully saturated rings. The number of piperidine rings is 1. The molecule has 2 heterocycles. The van der Waals surface area contributed by atoms with Crippen LogP contribution >= 0.6 is 0 Å². The summed E-state index contributed by atoms with van der Waals surface area (Å²) >= 11 is 0. The SMILES string of the molecule is CC(C)Cc1cc2c(c(C(F)(F)F)c1)N(C)[C@H]1CCNC[C@@H]21. The summed E-state index contributed by atoms with van der Waals surface area (Å²) in [6.45, 7) is 5.72. The highest BCUT2D eigenvalue weighted by atomic mass is 19.4. The van der Waals surface area contributed by atoms with E-state index in [1.54, 1.807) is 0 Å². The zero-order valence-corrected chi connectivity index (χ0v) is 13.3. The van der Waals surface area contributed by atoms with E-state index in [0.717, 1.165) is 30.6 Å². The maximum Gasteiger partial charge on any atom is 0.418 e. The molecule has 2 aliphatic rings. The van der Waals surface area contributed by atoms with Crippen LogP contribution < -0.4 is 10.2 Å². The van der Waals surface area contributed by atoms with Crippen molar-refractivity contribution in [3.63, 3.8) is 0 Å². The van der Waals surface area contributed by atoms with Gasteiger partial charge in [0.1, 0.15) is 0 Å². The molecular formula is C17H23F3N2. The van der Waals surface area contributed by atoms with Crippen LogP contribution in [0.15, 0.2) is 12.1 Å². The van der Waals surface area contributed by atoms with Crippen molar-refractivity contribution in [3.05, 3.63) is 28.8 Å². The average molecular weight is 312 g/mol. The lowest BCUT2D eigenvalue weighted by Gasteiger charge is -2.31. The molecule has 0 amide bonds. The first-order chi connectivity index (χ1) is 10.3. The van der Waals surface area contributed by atoms with E-state index >= 15 is 0 Å². The third-order valence-corrected chi connectivity index (χ3v) is 4.84. The Balaban J connectivity index is 2.13. The Hall–Kier alpha value is -1.23. The Labute approximate surface area is 129 Å². The summed E-state index contributed by atoms with van der Waals surface area (Å²) in [5.41, 5.74) is 1.63. The second kappa shape index (κ2) is 5.44.